The summed E-state index contributed by atoms with van der Waals surface area (Å²) in [6.45, 7) is 2.83. The number of aromatic nitrogens is 1. The van der Waals surface area contributed by atoms with Gasteiger partial charge in [-0.05, 0) is 24.6 Å². The molecule has 1 aromatic carbocycles. The van der Waals surface area contributed by atoms with Crippen LogP contribution in [0.1, 0.15) is 13.3 Å². The van der Waals surface area contributed by atoms with Crippen molar-refractivity contribution in [3.63, 3.8) is 0 Å². The third-order valence-corrected chi connectivity index (χ3v) is 3.22. The Morgan fingerprint density at radius 1 is 1.35 bits per heavy atom. The summed E-state index contributed by atoms with van der Waals surface area (Å²) in [7, 11) is 0. The Bertz CT molecular complexity index is 632. The van der Waals surface area contributed by atoms with Crippen molar-refractivity contribution in [2.75, 3.05) is 11.9 Å². The molecule has 5 nitrogen and oxygen atoms in total. The van der Waals surface area contributed by atoms with E-state index in [2.05, 4.69) is 26.2 Å². The molecule has 0 bridgehead atoms. The van der Waals surface area contributed by atoms with Crippen molar-refractivity contribution in [2.24, 2.45) is 0 Å². The molecule has 0 saturated carbocycles. The summed E-state index contributed by atoms with van der Waals surface area (Å²) in [5.41, 5.74) is 1.09. The van der Waals surface area contributed by atoms with Crippen LogP contribution in [-0.4, -0.2) is 16.5 Å². The monoisotopic (exact) mass is 335 g/mol. The molecule has 0 aliphatic heterocycles. The van der Waals surface area contributed by atoms with Gasteiger partial charge in [0.2, 0.25) is 0 Å². The second-order valence-corrected chi connectivity index (χ2v) is 5.17. The van der Waals surface area contributed by atoms with Crippen LogP contribution in [0.4, 0.5) is 11.5 Å². The maximum Gasteiger partial charge on any atom is 0.295 e. The van der Waals surface area contributed by atoms with Gasteiger partial charge in [-0.3, -0.25) is 10.1 Å². The second kappa shape index (κ2) is 6.47. The molecule has 0 fully saturated rings. The van der Waals surface area contributed by atoms with E-state index in [0.29, 0.717) is 17.1 Å². The maximum absolute atomic E-state index is 11.1. The molecule has 6 heteroatoms. The van der Waals surface area contributed by atoms with Gasteiger partial charge in [-0.15, -0.1) is 0 Å². The predicted octanol–water partition coefficient (Wildman–Crippen LogP) is 4.24. The van der Waals surface area contributed by atoms with Crippen LogP contribution >= 0.6 is 15.9 Å². The van der Waals surface area contributed by atoms with E-state index in [4.69, 9.17) is 0 Å². The molecule has 104 valence electrons. The lowest BCUT2D eigenvalue weighted by atomic mass is 10.1. The third kappa shape index (κ3) is 3.33. The lowest BCUT2D eigenvalue weighted by molar-refractivity contribution is -0.384. The van der Waals surface area contributed by atoms with Gasteiger partial charge in [0, 0.05) is 22.6 Å². The summed E-state index contributed by atoms with van der Waals surface area (Å²) in [6, 6.07) is 10.4. The van der Waals surface area contributed by atoms with Gasteiger partial charge in [-0.25, -0.2) is 4.98 Å². The lowest BCUT2D eigenvalue weighted by Crippen LogP contribution is -2.04. The van der Waals surface area contributed by atoms with Gasteiger partial charge >= 0.3 is 0 Å². The van der Waals surface area contributed by atoms with Crippen molar-refractivity contribution >= 4 is 27.4 Å². The first-order valence-electron chi connectivity index (χ1n) is 6.27. The van der Waals surface area contributed by atoms with Crippen LogP contribution in [0.5, 0.6) is 0 Å². The molecule has 1 N–H and O–H groups in total. The topological polar surface area (TPSA) is 68.1 Å². The Morgan fingerprint density at radius 3 is 2.80 bits per heavy atom. The quantitative estimate of drug-likeness (QED) is 0.655. The molecule has 0 atom stereocenters. The first-order valence-corrected chi connectivity index (χ1v) is 7.06. The highest BCUT2D eigenvalue weighted by molar-refractivity contribution is 9.10. The van der Waals surface area contributed by atoms with E-state index in [1.54, 1.807) is 6.07 Å². The molecule has 1 aromatic heterocycles. The number of nitrogens with one attached hydrogen (secondary N) is 1. The number of rotatable bonds is 5. The predicted molar refractivity (Wildman–Crippen MR) is 82.8 cm³/mol. The van der Waals surface area contributed by atoms with Crippen molar-refractivity contribution in [2.45, 2.75) is 13.3 Å². The zero-order valence-electron chi connectivity index (χ0n) is 11.0. The molecule has 0 amide bonds. The zero-order valence-corrected chi connectivity index (χ0v) is 12.6. The molecular weight excluding hydrogens is 322 g/mol. The highest BCUT2D eigenvalue weighted by atomic mass is 79.9. The van der Waals surface area contributed by atoms with Crippen LogP contribution < -0.4 is 5.32 Å². The van der Waals surface area contributed by atoms with Crippen LogP contribution in [0.15, 0.2) is 40.9 Å². The zero-order chi connectivity index (χ0) is 14.5. The molecule has 20 heavy (non-hydrogen) atoms. The summed E-state index contributed by atoms with van der Waals surface area (Å²) in [5.74, 6) is 0.646. The maximum atomic E-state index is 11.1. The minimum atomic E-state index is -0.410. The Kier molecular flexibility index (Phi) is 4.68. The fraction of sp³-hybridized carbons (Fsp3) is 0.214. The number of nitro groups is 1. The standard InChI is InChI=1S/C14H14BrN3O2/c1-2-8-16-13-7-6-12(18(19)20)14(17-13)10-4-3-5-11(15)9-10/h3-7,9H,2,8H2,1H3,(H,16,17). The van der Waals surface area contributed by atoms with E-state index in [1.165, 1.54) is 6.07 Å². The van der Waals surface area contributed by atoms with Gasteiger partial charge in [0.05, 0.1) is 4.92 Å². The average molecular weight is 336 g/mol. The van der Waals surface area contributed by atoms with Crippen LogP contribution in [-0.2, 0) is 0 Å². The Balaban J connectivity index is 2.49. The molecule has 2 aromatic rings. The summed E-state index contributed by atoms with van der Waals surface area (Å²) < 4.78 is 0.859. The minimum Gasteiger partial charge on any atom is -0.370 e. The van der Waals surface area contributed by atoms with Crippen LogP contribution in [0.3, 0.4) is 0 Å². The van der Waals surface area contributed by atoms with E-state index < -0.39 is 4.92 Å². The van der Waals surface area contributed by atoms with Gasteiger partial charge in [0.15, 0.2) is 5.69 Å². The van der Waals surface area contributed by atoms with E-state index >= 15 is 0 Å². The first-order chi connectivity index (χ1) is 9.61. The van der Waals surface area contributed by atoms with E-state index in [0.717, 1.165) is 17.4 Å². The number of pyridine rings is 1. The third-order valence-electron chi connectivity index (χ3n) is 2.72. The van der Waals surface area contributed by atoms with E-state index in [9.17, 15) is 10.1 Å². The fourth-order valence-electron chi connectivity index (χ4n) is 1.80. The average Bonchev–Trinajstić information content (AvgIpc) is 2.44. The van der Waals surface area contributed by atoms with Crippen molar-refractivity contribution < 1.29 is 4.92 Å². The normalized spacial score (nSPS) is 10.3. The Labute approximate surface area is 125 Å². The summed E-state index contributed by atoms with van der Waals surface area (Å²) in [6.07, 6.45) is 0.963. The van der Waals surface area contributed by atoms with Crippen molar-refractivity contribution in [1.82, 2.24) is 4.98 Å². The van der Waals surface area contributed by atoms with E-state index in [-0.39, 0.29) is 5.69 Å². The first kappa shape index (κ1) is 14.5. The van der Waals surface area contributed by atoms with Gasteiger partial charge in [0.1, 0.15) is 5.82 Å². The number of halogens is 1. The minimum absolute atomic E-state index is 0.00477. The molecule has 0 spiro atoms. The number of hydrogen-bond donors (Lipinski definition) is 1. The molecule has 0 unspecified atom stereocenters. The van der Waals surface area contributed by atoms with Gasteiger partial charge in [-0.2, -0.15) is 0 Å². The highest BCUT2D eigenvalue weighted by Gasteiger charge is 2.17. The summed E-state index contributed by atoms with van der Waals surface area (Å²) >= 11 is 3.37. The number of benzene rings is 1. The molecule has 0 saturated heterocycles. The molecule has 1 heterocycles. The largest absolute Gasteiger partial charge is 0.370 e. The van der Waals surface area contributed by atoms with Gasteiger partial charge in [0.25, 0.3) is 5.69 Å². The second-order valence-electron chi connectivity index (χ2n) is 4.26. The summed E-state index contributed by atoms with van der Waals surface area (Å²) in [4.78, 5) is 15.1. The van der Waals surface area contributed by atoms with Crippen molar-refractivity contribution in [1.29, 1.82) is 0 Å². The van der Waals surface area contributed by atoms with E-state index in [1.807, 2.05) is 31.2 Å². The number of hydrogen-bond acceptors (Lipinski definition) is 4. The number of anilines is 1. The molecule has 0 radical (unpaired) electrons. The molecular formula is C14H14BrN3O2. The molecule has 0 aliphatic rings. The summed E-state index contributed by atoms with van der Waals surface area (Å²) in [5, 5.41) is 14.3. The number of nitrogens with zero attached hydrogens (tertiary/aromatic N) is 2. The van der Waals surface area contributed by atoms with Crippen LogP contribution in [0.2, 0.25) is 0 Å². The van der Waals surface area contributed by atoms with Crippen molar-refractivity contribution in [3.8, 4) is 11.3 Å². The SMILES string of the molecule is CCCNc1ccc([N+](=O)[O-])c(-c2cccc(Br)c2)n1. The fourth-order valence-corrected chi connectivity index (χ4v) is 2.20. The Morgan fingerprint density at radius 2 is 2.15 bits per heavy atom. The highest BCUT2D eigenvalue weighted by Crippen LogP contribution is 2.30. The van der Waals surface area contributed by atoms with Gasteiger partial charge in [-0.1, -0.05) is 35.0 Å². The molecule has 2 rings (SSSR count). The Hall–Kier alpha value is -1.95. The smallest absolute Gasteiger partial charge is 0.295 e. The lowest BCUT2D eigenvalue weighted by Gasteiger charge is -2.07. The van der Waals surface area contributed by atoms with Crippen LogP contribution in [0.25, 0.3) is 11.3 Å². The van der Waals surface area contributed by atoms with Gasteiger partial charge < -0.3 is 5.32 Å². The van der Waals surface area contributed by atoms with Crippen LogP contribution in [0, 0.1) is 10.1 Å². The molecule has 0 aliphatic carbocycles. The van der Waals surface area contributed by atoms with Crippen molar-refractivity contribution in [3.05, 3.63) is 51.0 Å².